The fraction of sp³-hybridized carbons (Fsp3) is 0.600. The molecule has 6 nitrogen and oxygen atoms in total. The zero-order chi connectivity index (χ0) is 9.45. The summed E-state index contributed by atoms with van der Waals surface area (Å²) in [7, 11) is -4.34. The van der Waals surface area contributed by atoms with Gasteiger partial charge in [-0.25, -0.2) is 4.57 Å². The lowest BCUT2D eigenvalue weighted by molar-refractivity contribution is 0.165. The maximum Gasteiger partial charge on any atom is 0.469 e. The first-order valence-corrected chi connectivity index (χ1v) is 4.70. The Morgan fingerprint density at radius 2 is 2.00 bits per heavy atom. The van der Waals surface area contributed by atoms with Crippen LogP contribution in [0.5, 0.6) is 0 Å². The Balaban J connectivity index is 3.17. The molecule has 0 radical (unpaired) electrons. The highest BCUT2D eigenvalue weighted by Gasteiger charge is 2.12. The third-order valence-corrected chi connectivity index (χ3v) is 1.34. The normalized spacial score (nSPS) is 12.2. The van der Waals surface area contributed by atoms with Gasteiger partial charge in [0.15, 0.2) is 0 Å². The average molecular weight is 198 g/mol. The van der Waals surface area contributed by atoms with E-state index in [1.165, 1.54) is 0 Å². The lowest BCUT2D eigenvalue weighted by Crippen LogP contribution is -1.96. The van der Waals surface area contributed by atoms with E-state index in [0.717, 1.165) is 12.5 Å². The van der Waals surface area contributed by atoms with Crippen LogP contribution < -0.4 is 0 Å². The fourth-order valence-electron chi connectivity index (χ4n) is 0.437. The van der Waals surface area contributed by atoms with Crippen molar-refractivity contribution in [2.45, 2.75) is 6.42 Å². The molecular formula is C5H11O6P. The largest absolute Gasteiger partial charge is 0.512 e. The Kier molecular flexibility index (Phi) is 5.74. The molecule has 0 heterocycles. The molecule has 3 N–H and O–H groups in total. The number of aliphatic hydroxyl groups excluding tert-OH is 1. The zero-order valence-corrected chi connectivity index (χ0v) is 7.18. The lowest BCUT2D eigenvalue weighted by atomic mass is 10.5. The van der Waals surface area contributed by atoms with Gasteiger partial charge in [0.1, 0.15) is 12.5 Å². The minimum absolute atomic E-state index is 0.0798. The molecule has 0 spiro atoms. The average Bonchev–Trinajstić information content (AvgIpc) is 1.94. The molecule has 0 atom stereocenters. The van der Waals surface area contributed by atoms with Gasteiger partial charge in [0, 0.05) is 6.42 Å². The summed E-state index contributed by atoms with van der Waals surface area (Å²) in [6.07, 6.45) is 2.14. The minimum Gasteiger partial charge on any atom is -0.512 e. The van der Waals surface area contributed by atoms with Crippen molar-refractivity contribution in [1.29, 1.82) is 0 Å². The molecule has 12 heavy (non-hydrogen) atoms. The lowest BCUT2D eigenvalue weighted by Gasteiger charge is -2.03. The van der Waals surface area contributed by atoms with Gasteiger partial charge in [-0.3, -0.25) is 4.52 Å². The molecule has 0 fully saturated rings. The van der Waals surface area contributed by atoms with Gasteiger partial charge in [0.25, 0.3) is 0 Å². The summed E-state index contributed by atoms with van der Waals surface area (Å²) in [5.74, 6) is 0. The van der Waals surface area contributed by atoms with Crippen LogP contribution in [0.1, 0.15) is 6.42 Å². The molecule has 0 saturated heterocycles. The molecule has 0 aromatic carbocycles. The second kappa shape index (κ2) is 6.02. The Labute approximate surface area is 69.7 Å². The van der Waals surface area contributed by atoms with Crippen LogP contribution in [-0.2, 0) is 13.8 Å². The van der Waals surface area contributed by atoms with E-state index in [9.17, 15) is 4.57 Å². The highest BCUT2D eigenvalue weighted by molar-refractivity contribution is 7.46. The van der Waals surface area contributed by atoms with E-state index in [-0.39, 0.29) is 13.2 Å². The number of ether oxygens (including phenoxy) is 1. The maximum atomic E-state index is 10.1. The van der Waals surface area contributed by atoms with Crippen LogP contribution in [0.4, 0.5) is 0 Å². The van der Waals surface area contributed by atoms with Crippen LogP contribution in [0.15, 0.2) is 12.5 Å². The van der Waals surface area contributed by atoms with Crippen molar-refractivity contribution in [1.82, 2.24) is 0 Å². The van der Waals surface area contributed by atoms with Crippen LogP contribution in [-0.4, -0.2) is 28.1 Å². The number of rotatable bonds is 6. The molecule has 0 aromatic heterocycles. The van der Waals surface area contributed by atoms with Crippen LogP contribution in [0.25, 0.3) is 0 Å². The first kappa shape index (κ1) is 11.4. The van der Waals surface area contributed by atoms with Crippen molar-refractivity contribution in [3.63, 3.8) is 0 Å². The van der Waals surface area contributed by atoms with E-state index in [2.05, 4.69) is 9.26 Å². The molecule has 72 valence electrons. The molecular weight excluding hydrogens is 187 g/mol. The van der Waals surface area contributed by atoms with E-state index < -0.39 is 7.82 Å². The van der Waals surface area contributed by atoms with Crippen molar-refractivity contribution in [3.05, 3.63) is 12.5 Å². The minimum atomic E-state index is -4.34. The first-order chi connectivity index (χ1) is 5.56. The van der Waals surface area contributed by atoms with Gasteiger partial charge >= 0.3 is 7.82 Å². The molecule has 0 aliphatic rings. The number of hydrogen-bond acceptors (Lipinski definition) is 4. The number of hydrogen-bond donors (Lipinski definition) is 3. The number of aliphatic hydroxyl groups is 1. The van der Waals surface area contributed by atoms with Crippen molar-refractivity contribution >= 4 is 7.82 Å². The summed E-state index contributed by atoms with van der Waals surface area (Å²) in [6.45, 7) is 0.153. The summed E-state index contributed by atoms with van der Waals surface area (Å²) < 4.78 is 18.8. The van der Waals surface area contributed by atoms with Crippen molar-refractivity contribution in [3.8, 4) is 0 Å². The van der Waals surface area contributed by atoms with Crippen LogP contribution >= 0.6 is 7.82 Å². The molecule has 0 amide bonds. The molecule has 0 unspecified atom stereocenters. The molecule has 0 aliphatic heterocycles. The summed E-state index contributed by atoms with van der Waals surface area (Å²) in [4.78, 5) is 16.4. The van der Waals surface area contributed by atoms with Gasteiger partial charge < -0.3 is 19.6 Å². The summed E-state index contributed by atoms with van der Waals surface area (Å²) in [6, 6.07) is 0. The van der Waals surface area contributed by atoms with E-state index in [0.29, 0.717) is 6.42 Å². The third-order valence-electron chi connectivity index (χ3n) is 0.823. The van der Waals surface area contributed by atoms with Gasteiger partial charge in [0.2, 0.25) is 0 Å². The molecule has 7 heteroatoms. The van der Waals surface area contributed by atoms with Crippen molar-refractivity contribution < 1.29 is 28.7 Å². The van der Waals surface area contributed by atoms with E-state index in [4.69, 9.17) is 14.9 Å². The van der Waals surface area contributed by atoms with Gasteiger partial charge in [0.05, 0.1) is 13.2 Å². The number of phosphoric acid groups is 1. The maximum absolute atomic E-state index is 10.1. The Hall–Kier alpha value is -0.550. The summed E-state index contributed by atoms with van der Waals surface area (Å²) in [5.41, 5.74) is 0. The monoisotopic (exact) mass is 198 g/mol. The number of phosphoric ester groups is 1. The predicted molar refractivity (Wildman–Crippen MR) is 40.3 cm³/mol. The van der Waals surface area contributed by atoms with Gasteiger partial charge in [-0.15, -0.1) is 0 Å². The van der Waals surface area contributed by atoms with Crippen LogP contribution in [0.2, 0.25) is 0 Å². The first-order valence-electron chi connectivity index (χ1n) is 3.17. The Morgan fingerprint density at radius 1 is 1.33 bits per heavy atom. The topological polar surface area (TPSA) is 96.2 Å². The Morgan fingerprint density at radius 3 is 2.50 bits per heavy atom. The van der Waals surface area contributed by atoms with Crippen LogP contribution in [0.3, 0.4) is 0 Å². The zero-order valence-electron chi connectivity index (χ0n) is 6.29. The Bertz CT molecular complexity index is 173. The second-order valence-electron chi connectivity index (χ2n) is 1.83. The molecule has 0 rings (SSSR count). The SMILES string of the molecule is O=P(O)(O)OCCCOC=CO. The molecule has 0 aromatic rings. The highest BCUT2D eigenvalue weighted by atomic mass is 31.2. The van der Waals surface area contributed by atoms with Crippen molar-refractivity contribution in [2.24, 2.45) is 0 Å². The van der Waals surface area contributed by atoms with E-state index in [1.54, 1.807) is 0 Å². The summed E-state index contributed by atoms with van der Waals surface area (Å²) in [5, 5.41) is 8.09. The third kappa shape index (κ3) is 9.45. The van der Waals surface area contributed by atoms with Crippen molar-refractivity contribution in [2.75, 3.05) is 13.2 Å². The molecule has 0 bridgehead atoms. The van der Waals surface area contributed by atoms with Gasteiger partial charge in [-0.05, 0) is 0 Å². The molecule has 0 aliphatic carbocycles. The molecule has 0 saturated carbocycles. The fourth-order valence-corrected chi connectivity index (χ4v) is 0.804. The smallest absolute Gasteiger partial charge is 0.469 e. The van der Waals surface area contributed by atoms with Gasteiger partial charge in [-0.2, -0.15) is 0 Å². The quantitative estimate of drug-likeness (QED) is 0.327. The second-order valence-corrected chi connectivity index (χ2v) is 3.07. The van der Waals surface area contributed by atoms with Gasteiger partial charge in [-0.1, -0.05) is 0 Å². The highest BCUT2D eigenvalue weighted by Crippen LogP contribution is 2.35. The summed E-state index contributed by atoms with van der Waals surface area (Å²) >= 11 is 0. The predicted octanol–water partition coefficient (Wildman–Crippen LogP) is 0.532. The van der Waals surface area contributed by atoms with E-state index >= 15 is 0 Å². The van der Waals surface area contributed by atoms with Crippen LogP contribution in [0, 0.1) is 0 Å². The standard InChI is InChI=1S/C5H11O6P/c6-2-5-10-3-1-4-11-12(7,8)9/h2,5-6H,1,3-4H2,(H2,7,8,9). The van der Waals surface area contributed by atoms with E-state index in [1.807, 2.05) is 0 Å².